The van der Waals surface area contributed by atoms with E-state index in [2.05, 4.69) is 36.2 Å². The van der Waals surface area contributed by atoms with Crippen molar-refractivity contribution in [2.45, 2.75) is 13.8 Å². The van der Waals surface area contributed by atoms with E-state index in [-0.39, 0.29) is 17.6 Å². The molecule has 1 aromatic carbocycles. The average Bonchev–Trinajstić information content (AvgIpc) is 2.80. The average molecular weight is 503 g/mol. The van der Waals surface area contributed by atoms with Crippen LogP contribution in [0.1, 0.15) is 30.0 Å². The third-order valence-corrected chi connectivity index (χ3v) is 5.32. The molecule has 3 rings (SSSR count). The van der Waals surface area contributed by atoms with Gasteiger partial charge in [0.05, 0.1) is 17.7 Å². The van der Waals surface area contributed by atoms with E-state index in [4.69, 9.17) is 14.7 Å². The second-order valence-electron chi connectivity index (χ2n) is 7.75. The van der Waals surface area contributed by atoms with Gasteiger partial charge in [-0.15, -0.1) is 0 Å². The molecule has 0 saturated carbocycles. The molecule has 1 aromatic heterocycles. The molecule has 2 aromatic rings. The Balaban J connectivity index is 1.61. The quantitative estimate of drug-likeness (QED) is 0.521. The molecule has 0 aliphatic carbocycles. The van der Waals surface area contributed by atoms with Crippen LogP contribution < -0.4 is 15.2 Å². The van der Waals surface area contributed by atoms with Crippen LogP contribution in [0.2, 0.25) is 0 Å². The minimum atomic E-state index is -0.283. The van der Waals surface area contributed by atoms with E-state index in [9.17, 15) is 4.79 Å². The lowest BCUT2D eigenvalue weighted by molar-refractivity contribution is 0.0322. The number of amides is 1. The normalized spacial score (nSPS) is 14.1. The number of carbonyl (C=O) groups excluding carboxylic acids is 1. The Kier molecular flexibility index (Phi) is 8.79. The minimum Gasteiger partial charge on any atom is -0.492 e. The second kappa shape index (κ2) is 11.8. The predicted octanol–water partition coefficient (Wildman–Crippen LogP) is 2.63. The fourth-order valence-electron chi connectivity index (χ4n) is 3.16. The van der Waals surface area contributed by atoms with Crippen LogP contribution in [0.15, 0.2) is 34.9 Å². The number of aromatic nitrogens is 2. The van der Waals surface area contributed by atoms with Gasteiger partial charge in [0.1, 0.15) is 18.4 Å². The van der Waals surface area contributed by atoms with Crippen LogP contribution in [0, 0.1) is 17.2 Å². The smallest absolute Gasteiger partial charge is 0.269 e. The minimum absolute atomic E-state index is 0.0322. The summed E-state index contributed by atoms with van der Waals surface area (Å²) in [7, 11) is 0. The molecular weight excluding hydrogens is 476 g/mol. The maximum absolute atomic E-state index is 12.9. The van der Waals surface area contributed by atoms with Crippen LogP contribution in [0.25, 0.3) is 0 Å². The number of rotatable bonds is 9. The van der Waals surface area contributed by atoms with Crippen molar-refractivity contribution in [3.8, 4) is 11.8 Å². The summed E-state index contributed by atoms with van der Waals surface area (Å²) in [5, 5.41) is 10.8. The van der Waals surface area contributed by atoms with Crippen LogP contribution in [0.5, 0.6) is 5.75 Å². The molecule has 2 heterocycles. The Hall–Kier alpha value is -2.74. The van der Waals surface area contributed by atoms with E-state index in [1.54, 1.807) is 29.3 Å². The molecule has 32 heavy (non-hydrogen) atoms. The summed E-state index contributed by atoms with van der Waals surface area (Å²) in [6.45, 7) is 9.37. The van der Waals surface area contributed by atoms with E-state index in [0.29, 0.717) is 34.8 Å². The topological polar surface area (TPSA) is 104 Å². The van der Waals surface area contributed by atoms with Gasteiger partial charge in [0.25, 0.3) is 5.91 Å². The van der Waals surface area contributed by atoms with E-state index >= 15 is 0 Å². The molecule has 1 amide bonds. The Morgan fingerprint density at radius 2 is 2.06 bits per heavy atom. The Labute approximate surface area is 196 Å². The summed E-state index contributed by atoms with van der Waals surface area (Å²) >= 11 is 3.40. The van der Waals surface area contributed by atoms with Crippen LogP contribution in [-0.2, 0) is 4.74 Å². The summed E-state index contributed by atoms with van der Waals surface area (Å²) in [5.74, 6) is 1.14. The van der Waals surface area contributed by atoms with Gasteiger partial charge in [0.2, 0.25) is 5.82 Å². The monoisotopic (exact) mass is 502 g/mol. The number of halogens is 1. The van der Waals surface area contributed by atoms with Gasteiger partial charge in [-0.1, -0.05) is 13.8 Å². The highest BCUT2D eigenvalue weighted by atomic mass is 79.9. The number of benzene rings is 1. The van der Waals surface area contributed by atoms with Crippen molar-refractivity contribution in [2.75, 3.05) is 51.0 Å². The van der Waals surface area contributed by atoms with Crippen molar-refractivity contribution in [3.63, 3.8) is 0 Å². The molecule has 9 nitrogen and oxygen atoms in total. The number of nitriles is 1. The van der Waals surface area contributed by atoms with E-state index < -0.39 is 0 Å². The standard InChI is InChI=1S/C22H27BrN6O3/c1-16(2)15-29(21-19(23)14-25-20(13-24)26-21)27-22(30)17-3-5-18(6-4-17)32-12-9-28-7-10-31-11-8-28/h3-6,14,16H,7-12,15H2,1-2H3,(H,27,30). The van der Waals surface area contributed by atoms with Crippen LogP contribution >= 0.6 is 15.9 Å². The van der Waals surface area contributed by atoms with Crippen molar-refractivity contribution >= 4 is 27.7 Å². The van der Waals surface area contributed by atoms with Crippen LogP contribution in [0.4, 0.5) is 5.82 Å². The summed E-state index contributed by atoms with van der Waals surface area (Å²) < 4.78 is 11.7. The molecule has 1 aliphatic rings. The number of carbonyl (C=O) groups is 1. The van der Waals surface area contributed by atoms with Crippen LogP contribution in [-0.4, -0.2) is 66.8 Å². The molecule has 1 fully saturated rings. The second-order valence-corrected chi connectivity index (χ2v) is 8.60. The van der Waals surface area contributed by atoms with Gasteiger partial charge in [0.15, 0.2) is 5.82 Å². The number of hydrogen-bond acceptors (Lipinski definition) is 8. The molecule has 10 heteroatoms. The molecular formula is C22H27BrN6O3. The van der Waals surface area contributed by atoms with Gasteiger partial charge in [-0.05, 0) is 46.1 Å². The third-order valence-electron chi connectivity index (χ3n) is 4.76. The molecule has 0 atom stereocenters. The number of nitrogens with zero attached hydrogens (tertiary/aromatic N) is 5. The van der Waals surface area contributed by atoms with Crippen molar-refractivity contribution in [1.29, 1.82) is 5.26 Å². The van der Waals surface area contributed by atoms with Crippen molar-refractivity contribution < 1.29 is 14.3 Å². The van der Waals surface area contributed by atoms with Gasteiger partial charge in [-0.25, -0.2) is 4.98 Å². The lowest BCUT2D eigenvalue weighted by Crippen LogP contribution is -2.45. The Morgan fingerprint density at radius 3 is 2.72 bits per heavy atom. The van der Waals surface area contributed by atoms with Crippen molar-refractivity contribution in [3.05, 3.63) is 46.3 Å². The zero-order valence-corrected chi connectivity index (χ0v) is 19.8. The fraction of sp³-hybridized carbons (Fsp3) is 0.455. The molecule has 170 valence electrons. The molecule has 0 radical (unpaired) electrons. The van der Waals surface area contributed by atoms with Gasteiger partial charge >= 0.3 is 0 Å². The number of hydrazine groups is 1. The van der Waals surface area contributed by atoms with Gasteiger partial charge in [0, 0.05) is 37.9 Å². The maximum atomic E-state index is 12.9. The highest BCUT2D eigenvalue weighted by Gasteiger charge is 2.18. The number of morpholine rings is 1. The predicted molar refractivity (Wildman–Crippen MR) is 123 cm³/mol. The summed E-state index contributed by atoms with van der Waals surface area (Å²) in [6.07, 6.45) is 1.50. The molecule has 1 N–H and O–H groups in total. The first kappa shape index (κ1) is 23.9. The third kappa shape index (κ3) is 6.88. The number of hydrogen-bond donors (Lipinski definition) is 1. The largest absolute Gasteiger partial charge is 0.492 e. The lowest BCUT2D eigenvalue weighted by Gasteiger charge is -2.27. The summed E-state index contributed by atoms with van der Waals surface area (Å²) in [5.41, 5.74) is 3.37. The molecule has 1 saturated heterocycles. The van der Waals surface area contributed by atoms with Gasteiger partial charge in [-0.2, -0.15) is 10.2 Å². The van der Waals surface area contributed by atoms with Crippen molar-refractivity contribution in [2.24, 2.45) is 5.92 Å². The highest BCUT2D eigenvalue weighted by Crippen LogP contribution is 2.23. The SMILES string of the molecule is CC(C)CN(NC(=O)c1ccc(OCCN2CCOCC2)cc1)c1nc(C#N)ncc1Br. The zero-order chi connectivity index (χ0) is 22.9. The van der Waals surface area contributed by atoms with E-state index in [0.717, 1.165) is 32.8 Å². The van der Waals surface area contributed by atoms with E-state index in [1.807, 2.05) is 19.9 Å². The highest BCUT2D eigenvalue weighted by molar-refractivity contribution is 9.10. The lowest BCUT2D eigenvalue weighted by atomic mass is 10.2. The number of nitrogens with one attached hydrogen (secondary N) is 1. The Morgan fingerprint density at radius 1 is 1.34 bits per heavy atom. The summed E-state index contributed by atoms with van der Waals surface area (Å²) in [4.78, 5) is 23.4. The van der Waals surface area contributed by atoms with E-state index in [1.165, 1.54) is 6.20 Å². The van der Waals surface area contributed by atoms with Crippen LogP contribution in [0.3, 0.4) is 0 Å². The molecule has 0 spiro atoms. The molecule has 0 bridgehead atoms. The zero-order valence-electron chi connectivity index (χ0n) is 18.3. The molecule has 1 aliphatic heterocycles. The number of anilines is 1. The first-order valence-corrected chi connectivity index (χ1v) is 11.3. The fourth-order valence-corrected chi connectivity index (χ4v) is 3.56. The first-order valence-electron chi connectivity index (χ1n) is 10.5. The maximum Gasteiger partial charge on any atom is 0.269 e. The van der Waals surface area contributed by atoms with Gasteiger partial charge < -0.3 is 9.47 Å². The first-order chi connectivity index (χ1) is 15.5. The van der Waals surface area contributed by atoms with Gasteiger partial charge in [-0.3, -0.25) is 20.1 Å². The summed E-state index contributed by atoms with van der Waals surface area (Å²) in [6, 6.07) is 8.95. The van der Waals surface area contributed by atoms with Crippen molar-refractivity contribution in [1.82, 2.24) is 20.3 Å². The molecule has 0 unspecified atom stereocenters. The Bertz CT molecular complexity index is 942. The number of ether oxygens (including phenoxy) is 2.